The Bertz CT molecular complexity index is 1210. The normalized spacial score (nSPS) is 20.5. The highest BCUT2D eigenvalue weighted by molar-refractivity contribution is 6.05. The van der Waals surface area contributed by atoms with Crippen LogP contribution < -0.4 is 10.2 Å². The topological polar surface area (TPSA) is 91.8 Å². The minimum atomic E-state index is -0.952. The van der Waals surface area contributed by atoms with Crippen LogP contribution in [0.5, 0.6) is 0 Å². The third kappa shape index (κ3) is 7.27. The van der Waals surface area contributed by atoms with E-state index in [0.717, 1.165) is 31.2 Å². The maximum atomic E-state index is 14.6. The zero-order valence-corrected chi connectivity index (χ0v) is 25.6. The molecule has 8 nitrogen and oxygen atoms in total. The Labute approximate surface area is 244 Å². The molecule has 0 radical (unpaired) electrons. The number of hydrogen-bond acceptors (Lipinski definition) is 5. The minimum absolute atomic E-state index is 0.0662. The molecular weight excluding hydrogens is 516 g/mol. The predicted molar refractivity (Wildman–Crippen MR) is 161 cm³/mol. The number of likely N-dealkylation sites (tertiary alicyclic amines) is 1. The van der Waals surface area contributed by atoms with E-state index in [1.165, 1.54) is 11.3 Å². The van der Waals surface area contributed by atoms with Crippen molar-refractivity contribution in [2.24, 2.45) is 5.92 Å². The van der Waals surface area contributed by atoms with Crippen LogP contribution in [-0.2, 0) is 19.7 Å². The lowest BCUT2D eigenvalue weighted by Gasteiger charge is -2.48. The van der Waals surface area contributed by atoms with E-state index < -0.39 is 23.8 Å². The highest BCUT2D eigenvalue weighted by Gasteiger charge is 2.49. The molecule has 222 valence electrons. The lowest BCUT2D eigenvalue weighted by Crippen LogP contribution is -2.66. The lowest BCUT2D eigenvalue weighted by atomic mass is 9.86. The molecule has 2 heterocycles. The molecule has 1 saturated heterocycles. The van der Waals surface area contributed by atoms with Gasteiger partial charge in [-0.2, -0.15) is 0 Å². The van der Waals surface area contributed by atoms with Crippen LogP contribution in [0.3, 0.4) is 0 Å². The van der Waals surface area contributed by atoms with E-state index in [0.29, 0.717) is 17.8 Å². The predicted octanol–water partition coefficient (Wildman–Crippen LogP) is 6.16. The van der Waals surface area contributed by atoms with Crippen molar-refractivity contribution in [3.63, 3.8) is 0 Å². The molecule has 1 aromatic carbocycles. The van der Waals surface area contributed by atoms with Crippen molar-refractivity contribution in [1.29, 1.82) is 0 Å². The van der Waals surface area contributed by atoms with Crippen LogP contribution in [0.4, 0.5) is 10.5 Å². The van der Waals surface area contributed by atoms with Gasteiger partial charge in [-0.25, -0.2) is 4.79 Å². The molecule has 1 saturated carbocycles. The molecule has 0 bridgehead atoms. The Kier molecular flexibility index (Phi) is 9.10. The fraction of sp³-hybridized carbons (Fsp3) is 0.576. The van der Waals surface area contributed by atoms with Crippen LogP contribution in [0.25, 0.3) is 0 Å². The molecule has 1 aromatic heterocycles. The number of anilines is 1. The Morgan fingerprint density at radius 3 is 2.20 bits per heavy atom. The van der Waals surface area contributed by atoms with Crippen molar-refractivity contribution >= 4 is 23.6 Å². The summed E-state index contributed by atoms with van der Waals surface area (Å²) in [6.45, 7) is 14.2. The highest BCUT2D eigenvalue weighted by atomic mass is 16.6. The van der Waals surface area contributed by atoms with E-state index in [9.17, 15) is 14.4 Å². The zero-order chi connectivity index (χ0) is 29.9. The molecule has 2 aromatic rings. The van der Waals surface area contributed by atoms with Crippen LogP contribution in [0.15, 0.2) is 48.8 Å². The van der Waals surface area contributed by atoms with Gasteiger partial charge in [-0.1, -0.05) is 65.2 Å². The van der Waals surface area contributed by atoms with E-state index in [-0.39, 0.29) is 29.2 Å². The first-order valence-corrected chi connectivity index (χ1v) is 14.9. The van der Waals surface area contributed by atoms with Crippen molar-refractivity contribution < 1.29 is 19.1 Å². The van der Waals surface area contributed by atoms with Gasteiger partial charge in [-0.05, 0) is 62.8 Å². The summed E-state index contributed by atoms with van der Waals surface area (Å²) in [5, 5.41) is 3.24. The lowest BCUT2D eigenvalue weighted by molar-refractivity contribution is -0.135. The molecule has 41 heavy (non-hydrogen) atoms. The van der Waals surface area contributed by atoms with Crippen molar-refractivity contribution in [3.05, 3.63) is 59.9 Å². The Morgan fingerprint density at radius 2 is 1.66 bits per heavy atom. The van der Waals surface area contributed by atoms with Crippen LogP contribution in [-0.4, -0.2) is 52.0 Å². The van der Waals surface area contributed by atoms with E-state index in [2.05, 4.69) is 31.1 Å². The first-order valence-electron chi connectivity index (χ1n) is 14.9. The Hall–Kier alpha value is -3.42. The van der Waals surface area contributed by atoms with Gasteiger partial charge in [-0.15, -0.1) is 0 Å². The highest BCUT2D eigenvalue weighted by Crippen LogP contribution is 2.36. The number of benzene rings is 1. The number of rotatable bonds is 6. The van der Waals surface area contributed by atoms with E-state index >= 15 is 0 Å². The van der Waals surface area contributed by atoms with Gasteiger partial charge < -0.3 is 10.1 Å². The van der Waals surface area contributed by atoms with Gasteiger partial charge in [0.25, 0.3) is 5.91 Å². The number of nitrogens with zero attached hydrogens (tertiary/aromatic N) is 3. The summed E-state index contributed by atoms with van der Waals surface area (Å²) >= 11 is 0. The quantitative estimate of drug-likeness (QED) is 0.455. The maximum Gasteiger partial charge on any atom is 0.410 e. The molecule has 8 heteroatoms. The number of aromatic nitrogens is 1. The largest absolute Gasteiger partial charge is 0.444 e. The summed E-state index contributed by atoms with van der Waals surface area (Å²) in [5.74, 6) is -0.651. The molecule has 2 unspecified atom stereocenters. The molecule has 1 aliphatic carbocycles. The summed E-state index contributed by atoms with van der Waals surface area (Å²) in [6, 6.07) is 9.78. The summed E-state index contributed by atoms with van der Waals surface area (Å²) in [7, 11) is 0. The number of carbonyl (C=O) groups excluding carboxylic acids is 3. The number of ether oxygens (including phenoxy) is 1. The Morgan fingerprint density at radius 1 is 1.00 bits per heavy atom. The second-order valence-corrected chi connectivity index (χ2v) is 13.6. The van der Waals surface area contributed by atoms with Gasteiger partial charge in [-0.3, -0.25) is 24.4 Å². The standard InChI is InChI=1S/C33H46N4O4/c1-22-21-36(31(40)41-33(5,6)7)27(22)30(39)37(26-17-15-24(16-18-26)32(2,3)4)28(23-12-11-19-34-20-23)29(38)35-25-13-9-8-10-14-25/h11-12,15-20,22,25,27-28H,8-10,13-14,21H2,1-7H3,(H,35,38)/t22?,27-,28?/m1/s1. The van der Waals surface area contributed by atoms with E-state index in [1.807, 2.05) is 58.0 Å². The summed E-state index contributed by atoms with van der Waals surface area (Å²) in [5.41, 5.74) is 1.56. The maximum absolute atomic E-state index is 14.6. The average molecular weight is 563 g/mol. The molecule has 2 aliphatic rings. The van der Waals surface area contributed by atoms with E-state index in [4.69, 9.17) is 4.74 Å². The van der Waals surface area contributed by atoms with Gasteiger partial charge in [0.05, 0.1) is 0 Å². The van der Waals surface area contributed by atoms with Gasteiger partial charge in [0.1, 0.15) is 17.7 Å². The monoisotopic (exact) mass is 562 g/mol. The summed E-state index contributed by atoms with van der Waals surface area (Å²) < 4.78 is 5.63. The number of carbonyl (C=O) groups is 3. The smallest absolute Gasteiger partial charge is 0.410 e. The fourth-order valence-electron chi connectivity index (χ4n) is 5.73. The molecule has 3 atom stereocenters. The number of nitrogens with one attached hydrogen (secondary N) is 1. The van der Waals surface area contributed by atoms with Crippen molar-refractivity contribution in [2.45, 2.75) is 110 Å². The molecule has 1 N–H and O–H groups in total. The van der Waals surface area contributed by atoms with E-state index in [1.54, 1.807) is 23.4 Å². The van der Waals surface area contributed by atoms with Gasteiger partial charge >= 0.3 is 6.09 Å². The third-order valence-corrected chi connectivity index (χ3v) is 7.95. The Balaban J connectivity index is 1.77. The molecule has 4 rings (SSSR count). The van der Waals surface area contributed by atoms with Gasteiger partial charge in [0.2, 0.25) is 5.91 Å². The number of hydrogen-bond donors (Lipinski definition) is 1. The molecule has 0 spiro atoms. The zero-order valence-electron chi connectivity index (χ0n) is 25.6. The van der Waals surface area contributed by atoms with Crippen molar-refractivity contribution in [3.8, 4) is 0 Å². The number of pyridine rings is 1. The molecule has 1 aliphatic heterocycles. The fourth-order valence-corrected chi connectivity index (χ4v) is 5.73. The first kappa shape index (κ1) is 30.5. The minimum Gasteiger partial charge on any atom is -0.444 e. The van der Waals surface area contributed by atoms with Crippen LogP contribution in [0, 0.1) is 5.92 Å². The van der Waals surface area contributed by atoms with Crippen LogP contribution in [0.2, 0.25) is 0 Å². The summed E-state index contributed by atoms with van der Waals surface area (Å²) in [6.07, 6.45) is 7.93. The first-order chi connectivity index (χ1) is 19.3. The second kappa shape index (κ2) is 12.2. The molecular formula is C33H46N4O4. The number of amides is 3. The molecule has 2 fully saturated rings. The molecule has 3 amide bonds. The summed E-state index contributed by atoms with van der Waals surface area (Å²) in [4.78, 5) is 49.2. The third-order valence-electron chi connectivity index (χ3n) is 7.95. The SMILES string of the molecule is CC1CN(C(=O)OC(C)(C)C)[C@H]1C(=O)N(c1ccc(C(C)(C)C)cc1)C(C(=O)NC1CCCCC1)c1cccnc1. The van der Waals surface area contributed by atoms with Gasteiger partial charge in [0, 0.05) is 42.1 Å². The average Bonchev–Trinajstić information content (AvgIpc) is 2.89. The van der Waals surface area contributed by atoms with Crippen molar-refractivity contribution in [1.82, 2.24) is 15.2 Å². The van der Waals surface area contributed by atoms with Crippen LogP contribution >= 0.6 is 0 Å². The van der Waals surface area contributed by atoms with Gasteiger partial charge in [0.15, 0.2) is 0 Å². The van der Waals surface area contributed by atoms with Crippen LogP contribution in [0.1, 0.15) is 97.7 Å². The second-order valence-electron chi connectivity index (χ2n) is 13.6. The van der Waals surface area contributed by atoms with Crippen molar-refractivity contribution in [2.75, 3.05) is 11.4 Å².